The molecule has 174 valence electrons. The monoisotopic (exact) mass is 450 g/mol. The first-order valence-corrected chi connectivity index (χ1v) is 11.3. The molecule has 0 aliphatic carbocycles. The van der Waals surface area contributed by atoms with E-state index in [2.05, 4.69) is 41.7 Å². The lowest BCUT2D eigenvalue weighted by atomic mass is 10.1. The first-order valence-electron chi connectivity index (χ1n) is 11.3. The molecule has 2 atom stereocenters. The summed E-state index contributed by atoms with van der Waals surface area (Å²) in [6.45, 7) is 4.53. The highest BCUT2D eigenvalue weighted by molar-refractivity contribution is 5.46. The minimum atomic E-state index is -0.361. The van der Waals surface area contributed by atoms with E-state index in [-0.39, 0.29) is 12.1 Å². The van der Waals surface area contributed by atoms with Crippen molar-refractivity contribution >= 4 is 0 Å². The minimum absolute atomic E-state index is 0.0477. The Bertz CT molecular complexity index is 1090. The van der Waals surface area contributed by atoms with Crippen molar-refractivity contribution < 1.29 is 14.6 Å². The summed E-state index contributed by atoms with van der Waals surface area (Å²) in [7, 11) is 3.33. The van der Waals surface area contributed by atoms with Gasteiger partial charge in [-0.25, -0.2) is 0 Å². The molecule has 33 heavy (non-hydrogen) atoms. The average molecular weight is 451 g/mol. The van der Waals surface area contributed by atoms with Gasteiger partial charge in [0, 0.05) is 50.7 Å². The van der Waals surface area contributed by atoms with Crippen molar-refractivity contribution in [1.29, 1.82) is 0 Å². The fourth-order valence-corrected chi connectivity index (χ4v) is 4.98. The first kappa shape index (κ1) is 21.8. The lowest BCUT2D eigenvalue weighted by Gasteiger charge is -2.30. The van der Waals surface area contributed by atoms with Gasteiger partial charge in [-0.1, -0.05) is 18.2 Å². The second-order valence-electron chi connectivity index (χ2n) is 8.69. The molecule has 0 radical (unpaired) electrons. The van der Waals surface area contributed by atoms with E-state index in [0.717, 1.165) is 60.5 Å². The maximum Gasteiger partial charge on any atom is 0.165 e. The molecule has 2 aliphatic rings. The predicted octanol–water partition coefficient (Wildman–Crippen LogP) is 2.01. The summed E-state index contributed by atoms with van der Waals surface area (Å²) in [5.74, 6) is 3.43. The molecule has 2 aromatic heterocycles. The Hall–Kier alpha value is -3.01. The number of aliphatic hydroxyl groups excluding tert-OH is 1. The molecule has 0 unspecified atom stereocenters. The van der Waals surface area contributed by atoms with E-state index in [0.29, 0.717) is 19.5 Å². The molecule has 4 heterocycles. The normalized spacial score (nSPS) is 21.2. The standard InChI is InChI=1S/C24H30N6O3/c1-32-21-7-3-6-18(23(21)33-2)14-28-9-10-30-22(16-28)26-27-24(30)20-11-19(31)15-29(20)13-17-5-4-8-25-12-17/h3-8,12,19-20,31H,9-11,13-16H2,1-2H3/t19-,20+/m1/s1. The summed E-state index contributed by atoms with van der Waals surface area (Å²) in [4.78, 5) is 8.86. The van der Waals surface area contributed by atoms with Gasteiger partial charge in [0.25, 0.3) is 0 Å². The Morgan fingerprint density at radius 2 is 1.97 bits per heavy atom. The fourth-order valence-electron chi connectivity index (χ4n) is 4.98. The van der Waals surface area contributed by atoms with Gasteiger partial charge < -0.3 is 19.1 Å². The molecule has 2 aliphatic heterocycles. The maximum absolute atomic E-state index is 10.4. The molecule has 0 bridgehead atoms. The van der Waals surface area contributed by atoms with Gasteiger partial charge in [-0.15, -0.1) is 10.2 Å². The van der Waals surface area contributed by atoms with Crippen LogP contribution in [0.2, 0.25) is 0 Å². The van der Waals surface area contributed by atoms with E-state index in [1.54, 1.807) is 20.4 Å². The van der Waals surface area contributed by atoms with Crippen molar-refractivity contribution in [3.63, 3.8) is 0 Å². The largest absolute Gasteiger partial charge is 0.493 e. The van der Waals surface area contributed by atoms with Crippen molar-refractivity contribution in [3.8, 4) is 11.5 Å². The van der Waals surface area contributed by atoms with Crippen LogP contribution in [0.1, 0.15) is 35.2 Å². The number of methoxy groups -OCH3 is 2. The van der Waals surface area contributed by atoms with Gasteiger partial charge in [0.1, 0.15) is 5.82 Å². The van der Waals surface area contributed by atoms with Crippen LogP contribution >= 0.6 is 0 Å². The van der Waals surface area contributed by atoms with Gasteiger partial charge in [0.05, 0.1) is 32.9 Å². The summed E-state index contributed by atoms with van der Waals surface area (Å²) in [5, 5.41) is 19.5. The number of likely N-dealkylation sites (tertiary alicyclic amines) is 1. The molecule has 1 aromatic carbocycles. The van der Waals surface area contributed by atoms with E-state index >= 15 is 0 Å². The Morgan fingerprint density at radius 3 is 2.76 bits per heavy atom. The van der Waals surface area contributed by atoms with E-state index in [9.17, 15) is 5.11 Å². The number of benzene rings is 1. The summed E-state index contributed by atoms with van der Waals surface area (Å²) in [6.07, 6.45) is 3.97. The number of hydrogen-bond donors (Lipinski definition) is 1. The van der Waals surface area contributed by atoms with E-state index in [4.69, 9.17) is 9.47 Å². The SMILES string of the molecule is COc1cccc(CN2CCn3c(nnc3[C@@H]3C[C@@H](O)CN3Cc3cccnc3)C2)c1OC. The van der Waals surface area contributed by atoms with Crippen molar-refractivity contribution in [2.45, 2.75) is 44.7 Å². The maximum atomic E-state index is 10.4. The highest BCUT2D eigenvalue weighted by Crippen LogP contribution is 2.35. The van der Waals surface area contributed by atoms with Gasteiger partial charge in [-0.2, -0.15) is 0 Å². The number of pyridine rings is 1. The van der Waals surface area contributed by atoms with Crippen molar-refractivity contribution in [2.24, 2.45) is 0 Å². The van der Waals surface area contributed by atoms with Crippen LogP contribution in [-0.2, 0) is 26.2 Å². The van der Waals surface area contributed by atoms with Gasteiger partial charge in [0.2, 0.25) is 0 Å². The van der Waals surface area contributed by atoms with Crippen LogP contribution in [0.5, 0.6) is 11.5 Å². The number of rotatable bonds is 7. The van der Waals surface area contributed by atoms with Crippen LogP contribution in [-0.4, -0.2) is 68.1 Å². The fraction of sp³-hybridized carbons (Fsp3) is 0.458. The molecule has 3 aromatic rings. The lowest BCUT2D eigenvalue weighted by Crippen LogP contribution is -2.35. The molecule has 9 nitrogen and oxygen atoms in total. The zero-order chi connectivity index (χ0) is 22.8. The van der Waals surface area contributed by atoms with Crippen LogP contribution in [0.25, 0.3) is 0 Å². The molecule has 5 rings (SSSR count). The molecular weight excluding hydrogens is 420 g/mol. The zero-order valence-electron chi connectivity index (χ0n) is 19.1. The van der Waals surface area contributed by atoms with Gasteiger partial charge >= 0.3 is 0 Å². The molecule has 1 fully saturated rings. The number of β-amino-alcohol motifs (C(OH)–C–C–N with tert-alkyl or cyclic N) is 1. The lowest BCUT2D eigenvalue weighted by molar-refractivity contribution is 0.171. The second-order valence-corrected chi connectivity index (χ2v) is 8.69. The molecular formula is C24H30N6O3. The van der Waals surface area contributed by atoms with Crippen LogP contribution in [0.4, 0.5) is 0 Å². The number of para-hydroxylation sites is 1. The minimum Gasteiger partial charge on any atom is -0.493 e. The van der Waals surface area contributed by atoms with Crippen molar-refractivity contribution in [3.05, 3.63) is 65.5 Å². The number of hydrogen-bond acceptors (Lipinski definition) is 8. The summed E-state index contributed by atoms with van der Waals surface area (Å²) in [5.41, 5.74) is 2.22. The first-order chi connectivity index (χ1) is 16.2. The Labute approximate surface area is 193 Å². The van der Waals surface area contributed by atoms with E-state index in [1.165, 1.54) is 0 Å². The molecule has 0 saturated carbocycles. The third-order valence-corrected chi connectivity index (χ3v) is 6.53. The van der Waals surface area contributed by atoms with Crippen LogP contribution in [0.3, 0.4) is 0 Å². The highest BCUT2D eigenvalue weighted by Gasteiger charge is 2.36. The van der Waals surface area contributed by atoms with E-state index < -0.39 is 0 Å². The molecule has 1 N–H and O–H groups in total. The van der Waals surface area contributed by atoms with Gasteiger partial charge in [-0.3, -0.25) is 14.8 Å². The number of aromatic nitrogens is 4. The Morgan fingerprint density at radius 1 is 1.06 bits per heavy atom. The Kier molecular flexibility index (Phi) is 6.26. The zero-order valence-corrected chi connectivity index (χ0v) is 19.1. The number of fused-ring (bicyclic) bond motifs is 1. The summed E-state index contributed by atoms with van der Waals surface area (Å²) < 4.78 is 13.3. The number of aliphatic hydroxyl groups is 1. The third kappa shape index (κ3) is 4.44. The quantitative estimate of drug-likeness (QED) is 0.585. The molecule has 9 heteroatoms. The van der Waals surface area contributed by atoms with Gasteiger partial charge in [0.15, 0.2) is 17.3 Å². The van der Waals surface area contributed by atoms with Crippen LogP contribution in [0, 0.1) is 0 Å². The molecule has 1 saturated heterocycles. The van der Waals surface area contributed by atoms with Crippen LogP contribution < -0.4 is 9.47 Å². The summed E-state index contributed by atoms with van der Waals surface area (Å²) in [6, 6.07) is 10.0. The smallest absolute Gasteiger partial charge is 0.165 e. The average Bonchev–Trinajstić information content (AvgIpc) is 3.41. The van der Waals surface area contributed by atoms with E-state index in [1.807, 2.05) is 24.4 Å². The number of nitrogens with zero attached hydrogens (tertiary/aromatic N) is 6. The molecule has 0 amide bonds. The Balaban J connectivity index is 1.32. The predicted molar refractivity (Wildman–Crippen MR) is 122 cm³/mol. The summed E-state index contributed by atoms with van der Waals surface area (Å²) >= 11 is 0. The van der Waals surface area contributed by atoms with Gasteiger partial charge in [-0.05, 0) is 24.1 Å². The second kappa shape index (κ2) is 9.46. The van der Waals surface area contributed by atoms with Crippen molar-refractivity contribution in [1.82, 2.24) is 29.5 Å². The van der Waals surface area contributed by atoms with Crippen molar-refractivity contribution in [2.75, 3.05) is 27.3 Å². The highest BCUT2D eigenvalue weighted by atomic mass is 16.5. The third-order valence-electron chi connectivity index (χ3n) is 6.53. The van der Waals surface area contributed by atoms with Crippen LogP contribution in [0.15, 0.2) is 42.7 Å². The topological polar surface area (TPSA) is 88.8 Å². The molecule has 0 spiro atoms. The number of ether oxygens (including phenoxy) is 2.